The van der Waals surface area contributed by atoms with Crippen LogP contribution in [-0.4, -0.2) is 12.1 Å². The predicted molar refractivity (Wildman–Crippen MR) is 87.7 cm³/mol. The molecule has 2 atom stereocenters. The van der Waals surface area contributed by atoms with Gasteiger partial charge in [-0.15, -0.1) is 0 Å². The third-order valence-electron chi connectivity index (χ3n) is 3.20. The van der Waals surface area contributed by atoms with Crippen LogP contribution < -0.4 is 16.2 Å². The van der Waals surface area contributed by atoms with Crippen LogP contribution in [0.25, 0.3) is 0 Å². The minimum Gasteiger partial charge on any atom is -0.457 e. The van der Waals surface area contributed by atoms with Crippen LogP contribution in [0.15, 0.2) is 48.5 Å². The van der Waals surface area contributed by atoms with E-state index in [-0.39, 0.29) is 12.1 Å². The number of rotatable bonds is 6. The lowest BCUT2D eigenvalue weighted by Gasteiger charge is -2.09. The van der Waals surface area contributed by atoms with E-state index in [1.54, 1.807) is 0 Å². The maximum atomic E-state index is 5.84. The second-order valence-corrected chi connectivity index (χ2v) is 5.75. The fourth-order valence-corrected chi connectivity index (χ4v) is 2.27. The molecule has 0 heterocycles. The van der Waals surface area contributed by atoms with Crippen molar-refractivity contribution < 1.29 is 4.74 Å². The normalized spacial score (nSPS) is 13.7. The van der Waals surface area contributed by atoms with Crippen LogP contribution in [0.3, 0.4) is 0 Å². The van der Waals surface area contributed by atoms with E-state index in [0.717, 1.165) is 24.3 Å². The van der Waals surface area contributed by atoms with E-state index in [9.17, 15) is 0 Å². The average molecular weight is 284 g/mol. The minimum atomic E-state index is 0.175. The number of benzene rings is 2. The maximum Gasteiger partial charge on any atom is 0.127 e. The molecule has 0 amide bonds. The Kier molecular flexibility index (Phi) is 5.37. The summed E-state index contributed by atoms with van der Waals surface area (Å²) < 4.78 is 5.84. The Morgan fingerprint density at radius 3 is 1.33 bits per heavy atom. The molecule has 3 nitrogen and oxygen atoms in total. The molecule has 0 saturated heterocycles. The van der Waals surface area contributed by atoms with Crippen molar-refractivity contribution in [1.82, 2.24) is 0 Å². The van der Waals surface area contributed by atoms with Crippen molar-refractivity contribution in [3.63, 3.8) is 0 Å². The molecule has 2 aromatic carbocycles. The minimum absolute atomic E-state index is 0.175. The molecule has 4 N–H and O–H groups in total. The van der Waals surface area contributed by atoms with E-state index >= 15 is 0 Å². The monoisotopic (exact) mass is 284 g/mol. The van der Waals surface area contributed by atoms with Gasteiger partial charge in [0.25, 0.3) is 0 Å². The molecule has 0 spiro atoms. The SMILES string of the molecule is C[C@@H](N)Cc1ccc(Oc2ccc(C[C@@H](C)N)cc2)cc1. The first-order valence-electron chi connectivity index (χ1n) is 7.40. The van der Waals surface area contributed by atoms with Gasteiger partial charge in [0, 0.05) is 12.1 Å². The van der Waals surface area contributed by atoms with Crippen molar-refractivity contribution in [3.8, 4) is 11.5 Å². The lowest BCUT2D eigenvalue weighted by atomic mass is 10.1. The van der Waals surface area contributed by atoms with Crippen molar-refractivity contribution in [2.75, 3.05) is 0 Å². The summed E-state index contributed by atoms with van der Waals surface area (Å²) in [7, 11) is 0. The molecule has 0 bridgehead atoms. The highest BCUT2D eigenvalue weighted by Crippen LogP contribution is 2.22. The van der Waals surface area contributed by atoms with Crippen LogP contribution in [0.4, 0.5) is 0 Å². The van der Waals surface area contributed by atoms with Crippen molar-refractivity contribution >= 4 is 0 Å². The molecule has 112 valence electrons. The van der Waals surface area contributed by atoms with Crippen molar-refractivity contribution in [2.45, 2.75) is 38.8 Å². The van der Waals surface area contributed by atoms with E-state index in [1.807, 2.05) is 38.1 Å². The number of hydrogen-bond acceptors (Lipinski definition) is 3. The smallest absolute Gasteiger partial charge is 0.127 e. The van der Waals surface area contributed by atoms with Crippen LogP contribution in [0.5, 0.6) is 11.5 Å². The zero-order chi connectivity index (χ0) is 15.2. The van der Waals surface area contributed by atoms with Crippen molar-refractivity contribution in [1.29, 1.82) is 0 Å². The van der Waals surface area contributed by atoms with Crippen LogP contribution >= 0.6 is 0 Å². The topological polar surface area (TPSA) is 61.3 Å². The van der Waals surface area contributed by atoms with Gasteiger partial charge >= 0.3 is 0 Å². The molecule has 2 aromatic rings. The summed E-state index contributed by atoms with van der Waals surface area (Å²) in [6.07, 6.45) is 1.76. The molecule has 0 fully saturated rings. The van der Waals surface area contributed by atoms with Gasteiger partial charge in [0.2, 0.25) is 0 Å². The Morgan fingerprint density at radius 2 is 1.05 bits per heavy atom. The molecule has 2 rings (SSSR count). The third-order valence-corrected chi connectivity index (χ3v) is 3.20. The van der Waals surface area contributed by atoms with E-state index in [1.165, 1.54) is 11.1 Å². The summed E-state index contributed by atoms with van der Waals surface area (Å²) in [5.74, 6) is 1.67. The van der Waals surface area contributed by atoms with Crippen molar-refractivity contribution in [2.24, 2.45) is 11.5 Å². The number of ether oxygens (including phenoxy) is 1. The molecule has 21 heavy (non-hydrogen) atoms. The van der Waals surface area contributed by atoms with Gasteiger partial charge in [-0.05, 0) is 62.1 Å². The molecule has 0 aromatic heterocycles. The zero-order valence-corrected chi connectivity index (χ0v) is 12.8. The standard InChI is InChI=1S/C18H24N2O/c1-13(19)11-15-3-7-17(8-4-15)21-18-9-5-16(6-10-18)12-14(2)20/h3-10,13-14H,11-12,19-20H2,1-2H3/t13-,14-/m1/s1. The van der Waals surface area contributed by atoms with Crippen LogP contribution in [0, 0.1) is 0 Å². The first-order chi connectivity index (χ1) is 10.0. The van der Waals surface area contributed by atoms with Gasteiger partial charge < -0.3 is 16.2 Å². The quantitative estimate of drug-likeness (QED) is 0.856. The molecule has 0 radical (unpaired) electrons. The number of hydrogen-bond donors (Lipinski definition) is 2. The summed E-state index contributed by atoms with van der Waals surface area (Å²) in [5, 5.41) is 0. The molecular formula is C18H24N2O. The Hall–Kier alpha value is -1.84. The molecule has 0 saturated carbocycles. The maximum absolute atomic E-state index is 5.84. The molecule has 0 aliphatic rings. The Balaban J connectivity index is 1.97. The Labute approximate surface area is 126 Å². The second kappa shape index (κ2) is 7.25. The Morgan fingerprint density at radius 1 is 0.714 bits per heavy atom. The highest BCUT2D eigenvalue weighted by atomic mass is 16.5. The van der Waals surface area contributed by atoms with Gasteiger partial charge in [-0.3, -0.25) is 0 Å². The predicted octanol–water partition coefficient (Wildman–Crippen LogP) is 3.26. The van der Waals surface area contributed by atoms with Crippen molar-refractivity contribution in [3.05, 3.63) is 59.7 Å². The largest absolute Gasteiger partial charge is 0.457 e. The summed E-state index contributed by atoms with van der Waals surface area (Å²) in [4.78, 5) is 0. The van der Waals surface area contributed by atoms with Gasteiger partial charge in [-0.25, -0.2) is 0 Å². The first-order valence-corrected chi connectivity index (χ1v) is 7.40. The van der Waals surface area contributed by atoms with E-state index in [0.29, 0.717) is 0 Å². The number of nitrogens with two attached hydrogens (primary N) is 2. The van der Waals surface area contributed by atoms with Crippen LogP contribution in [-0.2, 0) is 12.8 Å². The molecular weight excluding hydrogens is 260 g/mol. The van der Waals surface area contributed by atoms with Crippen LogP contribution in [0.2, 0.25) is 0 Å². The molecule has 0 unspecified atom stereocenters. The lowest BCUT2D eigenvalue weighted by molar-refractivity contribution is 0.482. The summed E-state index contributed by atoms with van der Waals surface area (Å²) >= 11 is 0. The molecule has 0 aliphatic carbocycles. The zero-order valence-electron chi connectivity index (χ0n) is 12.8. The van der Waals surface area contributed by atoms with Gasteiger partial charge in [-0.2, -0.15) is 0 Å². The summed E-state index contributed by atoms with van der Waals surface area (Å²) in [6.45, 7) is 4.02. The Bertz CT molecular complexity index is 493. The van der Waals surface area contributed by atoms with Gasteiger partial charge in [0.1, 0.15) is 11.5 Å². The lowest BCUT2D eigenvalue weighted by Crippen LogP contribution is -2.17. The summed E-state index contributed by atoms with van der Waals surface area (Å²) in [5.41, 5.74) is 14.0. The van der Waals surface area contributed by atoms with E-state index in [4.69, 9.17) is 16.2 Å². The molecule has 0 aliphatic heterocycles. The molecule has 3 heteroatoms. The summed E-state index contributed by atoms with van der Waals surface area (Å²) in [6, 6.07) is 16.5. The highest BCUT2D eigenvalue weighted by Gasteiger charge is 2.02. The van der Waals surface area contributed by atoms with E-state index in [2.05, 4.69) is 24.3 Å². The second-order valence-electron chi connectivity index (χ2n) is 5.75. The fourth-order valence-electron chi connectivity index (χ4n) is 2.27. The van der Waals surface area contributed by atoms with Gasteiger partial charge in [-0.1, -0.05) is 24.3 Å². The van der Waals surface area contributed by atoms with E-state index < -0.39 is 0 Å². The highest BCUT2D eigenvalue weighted by molar-refractivity contribution is 5.35. The average Bonchev–Trinajstić information content (AvgIpc) is 2.42. The fraction of sp³-hybridized carbons (Fsp3) is 0.333. The van der Waals surface area contributed by atoms with Gasteiger partial charge in [0.15, 0.2) is 0 Å². The first kappa shape index (κ1) is 15.5. The van der Waals surface area contributed by atoms with Gasteiger partial charge in [0.05, 0.1) is 0 Å². The third kappa shape index (κ3) is 5.21. The van der Waals surface area contributed by atoms with Crippen LogP contribution in [0.1, 0.15) is 25.0 Å².